The van der Waals surface area contributed by atoms with Crippen LogP contribution in [-0.2, 0) is 15.9 Å². The molecule has 0 atom stereocenters. The number of hydrogen-bond acceptors (Lipinski definition) is 3. The van der Waals surface area contributed by atoms with Gasteiger partial charge in [0.2, 0.25) is 0 Å². The lowest BCUT2D eigenvalue weighted by molar-refractivity contribution is -0.206. The molecule has 3 rings (SSSR count). The highest BCUT2D eigenvalue weighted by molar-refractivity contribution is 5.59. The molecule has 1 aliphatic heterocycles. The van der Waals surface area contributed by atoms with Gasteiger partial charge in [-0.15, -0.1) is 0 Å². The van der Waals surface area contributed by atoms with Gasteiger partial charge in [-0.05, 0) is 30.9 Å². The maximum absolute atomic E-state index is 6.10. The molecule has 1 aromatic carbocycles. The summed E-state index contributed by atoms with van der Waals surface area (Å²) in [5, 5.41) is 0. The molecule has 0 saturated carbocycles. The molecule has 1 aliphatic rings. The van der Waals surface area contributed by atoms with Gasteiger partial charge in [-0.2, -0.15) is 0 Å². The van der Waals surface area contributed by atoms with Crippen molar-refractivity contribution in [3.8, 4) is 11.3 Å². The van der Waals surface area contributed by atoms with E-state index < -0.39 is 0 Å². The van der Waals surface area contributed by atoms with Gasteiger partial charge in [0, 0.05) is 23.2 Å². The second-order valence-corrected chi connectivity index (χ2v) is 12.2. The van der Waals surface area contributed by atoms with Crippen molar-refractivity contribution in [3.05, 3.63) is 53.7 Å². The van der Waals surface area contributed by atoms with Crippen molar-refractivity contribution in [2.24, 2.45) is 5.92 Å². The molecule has 1 fully saturated rings. The monoisotopic (exact) mass is 549 g/mol. The first-order valence-electron chi connectivity index (χ1n) is 17.1. The number of hydrogen-bond donors (Lipinski definition) is 0. The lowest BCUT2D eigenvalue weighted by Gasteiger charge is -2.29. The molecule has 0 aliphatic carbocycles. The summed E-state index contributed by atoms with van der Waals surface area (Å²) in [7, 11) is 0. The summed E-state index contributed by atoms with van der Waals surface area (Å²) in [4.78, 5) is 4.74. The minimum atomic E-state index is -0.278. The van der Waals surface area contributed by atoms with Crippen LogP contribution < -0.4 is 0 Å². The Morgan fingerprint density at radius 1 is 0.600 bits per heavy atom. The van der Waals surface area contributed by atoms with Crippen molar-refractivity contribution < 1.29 is 9.47 Å². The van der Waals surface area contributed by atoms with Crippen LogP contribution in [0.3, 0.4) is 0 Å². The van der Waals surface area contributed by atoms with Gasteiger partial charge >= 0.3 is 0 Å². The van der Waals surface area contributed by atoms with Gasteiger partial charge in [0.05, 0.1) is 18.9 Å². The first-order valence-corrected chi connectivity index (χ1v) is 17.1. The molecule has 2 aromatic rings. The van der Waals surface area contributed by atoms with E-state index in [0.717, 1.165) is 24.5 Å². The van der Waals surface area contributed by atoms with Crippen LogP contribution >= 0.6 is 0 Å². The van der Waals surface area contributed by atoms with Crippen molar-refractivity contribution >= 4 is 0 Å². The van der Waals surface area contributed by atoms with Gasteiger partial charge in [-0.1, -0.05) is 153 Å². The van der Waals surface area contributed by atoms with Gasteiger partial charge in [0.25, 0.3) is 0 Å². The Morgan fingerprint density at radius 2 is 1.12 bits per heavy atom. The second-order valence-electron chi connectivity index (χ2n) is 12.2. The standard InChI is InChI=1S/C37H59NO2/c1-3-5-7-9-11-13-14-16-18-20-22-33-30-39-37(40-31-33)35-27-28-36(38-29-35)34-25-23-32(24-26-34)21-19-17-15-12-10-8-6-4-2/h23-29,33,37H,3-22,30-31H2,1-2H3/t33-,37-. The van der Waals surface area contributed by atoms with Gasteiger partial charge in [0.15, 0.2) is 6.29 Å². The fourth-order valence-electron chi connectivity index (χ4n) is 5.84. The van der Waals surface area contributed by atoms with E-state index in [-0.39, 0.29) is 6.29 Å². The third-order valence-corrected chi connectivity index (χ3v) is 8.56. The summed E-state index contributed by atoms with van der Waals surface area (Å²) in [5.41, 5.74) is 4.64. The van der Waals surface area contributed by atoms with Crippen LogP contribution in [0.5, 0.6) is 0 Å². The van der Waals surface area contributed by atoms with Gasteiger partial charge in [0.1, 0.15) is 0 Å². The molecule has 224 valence electrons. The molecular weight excluding hydrogens is 490 g/mol. The predicted molar refractivity (Wildman–Crippen MR) is 171 cm³/mol. The molecule has 1 aromatic heterocycles. The molecule has 0 bridgehead atoms. The number of unbranched alkanes of at least 4 members (excludes halogenated alkanes) is 16. The Hall–Kier alpha value is -1.71. The lowest BCUT2D eigenvalue weighted by atomic mass is 10.0. The van der Waals surface area contributed by atoms with Gasteiger partial charge in [-0.25, -0.2) is 0 Å². The number of aryl methyl sites for hydroxylation is 1. The van der Waals surface area contributed by atoms with E-state index in [9.17, 15) is 0 Å². The molecule has 3 nitrogen and oxygen atoms in total. The Morgan fingerprint density at radius 3 is 1.65 bits per heavy atom. The van der Waals surface area contributed by atoms with Crippen LogP contribution in [-0.4, -0.2) is 18.2 Å². The number of benzene rings is 1. The highest BCUT2D eigenvalue weighted by atomic mass is 16.7. The van der Waals surface area contributed by atoms with E-state index in [1.165, 1.54) is 140 Å². The SMILES string of the molecule is CCCCCCCCCCCC[C@H]1CO[C@H](c2ccc(-c3ccc(CCCCCCCCCC)cc3)nc2)OC1. The first-order chi connectivity index (χ1) is 19.8. The van der Waals surface area contributed by atoms with Crippen LogP contribution in [0.1, 0.15) is 153 Å². The highest BCUT2D eigenvalue weighted by Gasteiger charge is 2.23. The first kappa shape index (κ1) is 32.8. The summed E-state index contributed by atoms with van der Waals surface area (Å²) < 4.78 is 12.2. The van der Waals surface area contributed by atoms with Crippen LogP contribution in [0.15, 0.2) is 42.6 Å². The van der Waals surface area contributed by atoms with E-state index in [4.69, 9.17) is 14.5 Å². The van der Waals surface area contributed by atoms with Crippen LogP contribution in [0.25, 0.3) is 11.3 Å². The van der Waals surface area contributed by atoms with E-state index in [1.54, 1.807) is 0 Å². The number of pyridine rings is 1. The second kappa shape index (κ2) is 21.1. The molecule has 0 amide bonds. The molecule has 0 N–H and O–H groups in total. The average Bonchev–Trinajstić information content (AvgIpc) is 3.00. The average molecular weight is 550 g/mol. The lowest BCUT2D eigenvalue weighted by Crippen LogP contribution is -2.27. The van der Waals surface area contributed by atoms with Crippen molar-refractivity contribution in [1.29, 1.82) is 0 Å². The fraction of sp³-hybridized carbons (Fsp3) is 0.703. The smallest absolute Gasteiger partial charge is 0.185 e. The largest absolute Gasteiger partial charge is 0.348 e. The van der Waals surface area contributed by atoms with Crippen molar-refractivity contribution in [2.75, 3.05) is 13.2 Å². The van der Waals surface area contributed by atoms with E-state index in [2.05, 4.69) is 50.2 Å². The zero-order valence-electron chi connectivity index (χ0n) is 26.0. The summed E-state index contributed by atoms with van der Waals surface area (Å²) in [6.07, 6.45) is 28.9. The molecule has 0 radical (unpaired) electrons. The molecule has 40 heavy (non-hydrogen) atoms. The minimum Gasteiger partial charge on any atom is -0.348 e. The van der Waals surface area contributed by atoms with E-state index >= 15 is 0 Å². The van der Waals surface area contributed by atoms with E-state index in [0.29, 0.717) is 5.92 Å². The number of nitrogens with zero attached hydrogens (tertiary/aromatic N) is 1. The summed E-state index contributed by atoms with van der Waals surface area (Å²) in [6.45, 7) is 6.16. The zero-order chi connectivity index (χ0) is 28.1. The van der Waals surface area contributed by atoms with Crippen LogP contribution in [0, 0.1) is 5.92 Å². The Bertz CT molecular complexity index is 855. The van der Waals surface area contributed by atoms with E-state index in [1.807, 2.05) is 6.20 Å². The Labute approximate surface area is 246 Å². The predicted octanol–water partition coefficient (Wildman–Crippen LogP) is 11.4. The Balaban J connectivity index is 1.26. The summed E-state index contributed by atoms with van der Waals surface area (Å²) >= 11 is 0. The highest BCUT2D eigenvalue weighted by Crippen LogP contribution is 2.28. The molecular formula is C37H59NO2. The summed E-state index contributed by atoms with van der Waals surface area (Å²) in [5.74, 6) is 0.529. The number of aromatic nitrogens is 1. The van der Waals surface area contributed by atoms with Gasteiger partial charge in [-0.3, -0.25) is 4.98 Å². The topological polar surface area (TPSA) is 31.4 Å². The number of rotatable bonds is 22. The molecule has 0 spiro atoms. The third kappa shape index (κ3) is 13.3. The molecule has 1 saturated heterocycles. The van der Waals surface area contributed by atoms with Crippen LogP contribution in [0.4, 0.5) is 0 Å². The minimum absolute atomic E-state index is 0.278. The zero-order valence-corrected chi connectivity index (χ0v) is 26.0. The third-order valence-electron chi connectivity index (χ3n) is 8.56. The van der Waals surface area contributed by atoms with Crippen molar-refractivity contribution in [3.63, 3.8) is 0 Å². The fourth-order valence-corrected chi connectivity index (χ4v) is 5.84. The molecule has 3 heteroatoms. The van der Waals surface area contributed by atoms with Gasteiger partial charge < -0.3 is 9.47 Å². The number of ether oxygens (including phenoxy) is 2. The summed E-state index contributed by atoms with van der Waals surface area (Å²) in [6, 6.07) is 13.2. The normalized spacial score (nSPS) is 17.4. The molecule has 2 heterocycles. The van der Waals surface area contributed by atoms with Crippen LogP contribution in [0.2, 0.25) is 0 Å². The Kier molecular flexibility index (Phi) is 17.3. The van der Waals surface area contributed by atoms with Crippen molar-refractivity contribution in [1.82, 2.24) is 4.98 Å². The quantitative estimate of drug-likeness (QED) is 0.137. The van der Waals surface area contributed by atoms with Crippen molar-refractivity contribution in [2.45, 2.75) is 149 Å². The maximum Gasteiger partial charge on any atom is 0.185 e. The molecule has 0 unspecified atom stereocenters. The maximum atomic E-state index is 6.10.